The van der Waals surface area contributed by atoms with E-state index < -0.39 is 23.4 Å². The van der Waals surface area contributed by atoms with Gasteiger partial charge in [-0.1, -0.05) is 30.4 Å². The van der Waals surface area contributed by atoms with Crippen molar-refractivity contribution in [3.05, 3.63) is 41.5 Å². The van der Waals surface area contributed by atoms with Gasteiger partial charge in [0.1, 0.15) is 11.2 Å². The maximum Gasteiger partial charge on any atom is 0.420 e. The molecule has 1 aromatic rings. The van der Waals surface area contributed by atoms with E-state index in [4.69, 9.17) is 14.7 Å². The third kappa shape index (κ3) is 7.39. The molecule has 0 saturated carbocycles. The molecule has 1 aromatic carbocycles. The first-order valence-electron chi connectivity index (χ1n) is 8.32. The molecule has 0 heterocycles. The summed E-state index contributed by atoms with van der Waals surface area (Å²) in [5.74, 6) is 0. The predicted octanol–water partition coefficient (Wildman–Crippen LogP) is 4.74. The van der Waals surface area contributed by atoms with Gasteiger partial charge in [-0.3, -0.25) is 0 Å². The SMILES string of the molecule is CC(C)(C)OC(=O)N(C/C=C/c1ccccc1C#N)C(=O)OC(C)(C)C. The first-order chi connectivity index (χ1) is 11.9. The number of nitrogens with zero attached hydrogens (tertiary/aromatic N) is 2. The van der Waals surface area contributed by atoms with Crippen molar-refractivity contribution in [1.82, 2.24) is 4.90 Å². The Morgan fingerprint density at radius 3 is 2.00 bits per heavy atom. The number of carbonyl (C=O) groups is 2. The number of ether oxygens (including phenoxy) is 2. The minimum atomic E-state index is -0.787. The fraction of sp³-hybridized carbons (Fsp3) is 0.450. The molecule has 2 amide bonds. The standard InChI is InChI=1S/C20H26N2O4/c1-19(2,3)25-17(23)22(18(24)26-20(4,5)6)13-9-12-15-10-7-8-11-16(15)14-21/h7-12H,13H2,1-6H3/b12-9+. The maximum absolute atomic E-state index is 12.4. The second-order valence-corrected chi connectivity index (χ2v) is 7.67. The summed E-state index contributed by atoms with van der Waals surface area (Å²) in [5, 5.41) is 9.12. The van der Waals surface area contributed by atoms with Crippen molar-refractivity contribution in [3.8, 4) is 6.07 Å². The lowest BCUT2D eigenvalue weighted by molar-refractivity contribution is 0.00377. The van der Waals surface area contributed by atoms with E-state index in [1.165, 1.54) is 0 Å². The summed E-state index contributed by atoms with van der Waals surface area (Å²) in [7, 11) is 0. The molecular weight excluding hydrogens is 332 g/mol. The number of hydrogen-bond donors (Lipinski definition) is 0. The van der Waals surface area contributed by atoms with Crippen molar-refractivity contribution in [2.45, 2.75) is 52.7 Å². The molecule has 0 aliphatic rings. The average Bonchev–Trinajstić information content (AvgIpc) is 2.48. The Bertz CT molecular complexity index is 691. The lowest BCUT2D eigenvalue weighted by Crippen LogP contribution is -2.43. The highest BCUT2D eigenvalue weighted by molar-refractivity contribution is 5.88. The smallest absolute Gasteiger partial charge is 0.420 e. The van der Waals surface area contributed by atoms with E-state index >= 15 is 0 Å². The minimum absolute atomic E-state index is 0.0381. The summed E-state index contributed by atoms with van der Waals surface area (Å²) in [6.45, 7) is 10.3. The van der Waals surface area contributed by atoms with Crippen LogP contribution in [0.25, 0.3) is 6.08 Å². The van der Waals surface area contributed by atoms with Gasteiger partial charge in [0.25, 0.3) is 0 Å². The lowest BCUT2D eigenvalue weighted by Gasteiger charge is -2.28. The van der Waals surface area contributed by atoms with Crippen LogP contribution in [0.4, 0.5) is 9.59 Å². The predicted molar refractivity (Wildman–Crippen MR) is 99.4 cm³/mol. The lowest BCUT2D eigenvalue weighted by atomic mass is 10.1. The zero-order chi connectivity index (χ0) is 20.0. The molecule has 0 fully saturated rings. The molecule has 0 bridgehead atoms. The van der Waals surface area contributed by atoms with Crippen LogP contribution in [-0.4, -0.2) is 34.8 Å². The quantitative estimate of drug-likeness (QED) is 0.779. The molecule has 6 heteroatoms. The molecule has 0 unspecified atom stereocenters. The number of imide groups is 1. The Balaban J connectivity index is 2.98. The normalized spacial score (nSPS) is 11.7. The van der Waals surface area contributed by atoms with Crippen molar-refractivity contribution in [2.75, 3.05) is 6.54 Å². The molecule has 0 aliphatic carbocycles. The zero-order valence-electron chi connectivity index (χ0n) is 16.2. The van der Waals surface area contributed by atoms with Crippen molar-refractivity contribution < 1.29 is 19.1 Å². The molecule has 1 rings (SSSR count). The van der Waals surface area contributed by atoms with E-state index in [0.29, 0.717) is 11.1 Å². The van der Waals surface area contributed by atoms with Crippen molar-refractivity contribution in [2.24, 2.45) is 0 Å². The molecule has 0 aliphatic heterocycles. The van der Waals surface area contributed by atoms with Crippen LogP contribution in [0.15, 0.2) is 30.3 Å². The van der Waals surface area contributed by atoms with Crippen LogP contribution in [0.5, 0.6) is 0 Å². The van der Waals surface area contributed by atoms with Gasteiger partial charge < -0.3 is 9.47 Å². The Kier molecular flexibility index (Phi) is 6.96. The first kappa shape index (κ1) is 21.2. The highest BCUT2D eigenvalue weighted by Crippen LogP contribution is 2.15. The molecule has 26 heavy (non-hydrogen) atoms. The van der Waals surface area contributed by atoms with Crippen LogP contribution in [0.1, 0.15) is 52.7 Å². The van der Waals surface area contributed by atoms with Crippen LogP contribution >= 0.6 is 0 Å². The molecule has 0 spiro atoms. The van der Waals surface area contributed by atoms with Gasteiger partial charge in [0.05, 0.1) is 18.2 Å². The van der Waals surface area contributed by atoms with Gasteiger partial charge in [-0.15, -0.1) is 0 Å². The molecular formula is C20H26N2O4. The second kappa shape index (κ2) is 8.52. The number of rotatable bonds is 3. The molecule has 140 valence electrons. The highest BCUT2D eigenvalue weighted by Gasteiger charge is 2.30. The third-order valence-corrected chi connectivity index (χ3v) is 2.89. The summed E-state index contributed by atoms with van der Waals surface area (Å²) in [4.78, 5) is 25.6. The van der Waals surface area contributed by atoms with E-state index in [-0.39, 0.29) is 6.54 Å². The fourth-order valence-electron chi connectivity index (χ4n) is 1.89. The Labute approximate surface area is 155 Å². The Hall–Kier alpha value is -2.81. The highest BCUT2D eigenvalue weighted by atomic mass is 16.6. The summed E-state index contributed by atoms with van der Waals surface area (Å²) >= 11 is 0. The van der Waals surface area contributed by atoms with E-state index in [2.05, 4.69) is 6.07 Å². The third-order valence-electron chi connectivity index (χ3n) is 2.89. The van der Waals surface area contributed by atoms with E-state index in [1.54, 1.807) is 78.0 Å². The molecule has 0 atom stereocenters. The summed E-state index contributed by atoms with van der Waals surface area (Å²) in [6.07, 6.45) is 1.72. The van der Waals surface area contributed by atoms with Gasteiger partial charge in [-0.25, -0.2) is 14.5 Å². The summed E-state index contributed by atoms with van der Waals surface area (Å²) < 4.78 is 10.6. The van der Waals surface area contributed by atoms with Gasteiger partial charge in [0, 0.05) is 0 Å². The molecule has 0 saturated heterocycles. The van der Waals surface area contributed by atoms with Crippen LogP contribution in [-0.2, 0) is 9.47 Å². The van der Waals surface area contributed by atoms with Crippen LogP contribution in [0.3, 0.4) is 0 Å². The topological polar surface area (TPSA) is 79.6 Å². The number of benzene rings is 1. The van der Waals surface area contributed by atoms with Gasteiger partial charge in [-0.05, 0) is 53.2 Å². The molecule has 0 radical (unpaired) electrons. The van der Waals surface area contributed by atoms with Gasteiger partial charge in [0.15, 0.2) is 0 Å². The number of hydrogen-bond acceptors (Lipinski definition) is 5. The van der Waals surface area contributed by atoms with E-state index in [9.17, 15) is 9.59 Å². The number of nitriles is 1. The van der Waals surface area contributed by atoms with Crippen LogP contribution < -0.4 is 0 Å². The Morgan fingerprint density at radius 1 is 1.04 bits per heavy atom. The fourth-order valence-corrected chi connectivity index (χ4v) is 1.89. The van der Waals surface area contributed by atoms with E-state index in [1.807, 2.05) is 0 Å². The van der Waals surface area contributed by atoms with Crippen molar-refractivity contribution >= 4 is 18.3 Å². The average molecular weight is 358 g/mol. The zero-order valence-corrected chi connectivity index (χ0v) is 16.2. The van der Waals surface area contributed by atoms with Gasteiger partial charge >= 0.3 is 12.2 Å². The summed E-state index contributed by atoms with van der Waals surface area (Å²) in [6, 6.07) is 9.14. The molecule has 0 aromatic heterocycles. The summed E-state index contributed by atoms with van der Waals surface area (Å²) in [5.41, 5.74) is -0.281. The second-order valence-electron chi connectivity index (χ2n) is 7.67. The monoisotopic (exact) mass is 358 g/mol. The van der Waals surface area contributed by atoms with Crippen molar-refractivity contribution in [3.63, 3.8) is 0 Å². The van der Waals surface area contributed by atoms with Crippen molar-refractivity contribution in [1.29, 1.82) is 5.26 Å². The largest absolute Gasteiger partial charge is 0.443 e. The molecule has 6 nitrogen and oxygen atoms in total. The number of carbonyl (C=O) groups excluding carboxylic acids is 2. The molecule has 0 N–H and O–H groups in total. The Morgan fingerprint density at radius 2 is 1.54 bits per heavy atom. The van der Waals surface area contributed by atoms with Gasteiger partial charge in [0.2, 0.25) is 0 Å². The minimum Gasteiger partial charge on any atom is -0.443 e. The van der Waals surface area contributed by atoms with Crippen LogP contribution in [0.2, 0.25) is 0 Å². The van der Waals surface area contributed by atoms with Crippen LogP contribution in [0, 0.1) is 11.3 Å². The first-order valence-corrected chi connectivity index (χ1v) is 8.32. The van der Waals surface area contributed by atoms with Gasteiger partial charge in [-0.2, -0.15) is 5.26 Å². The van der Waals surface area contributed by atoms with E-state index in [0.717, 1.165) is 4.90 Å². The number of amides is 2. The maximum atomic E-state index is 12.4.